The Morgan fingerprint density at radius 1 is 0.232 bits per heavy atom. The molecule has 0 atom stereocenters. The Labute approximate surface area is 318 Å². The van der Waals surface area contributed by atoms with Crippen LogP contribution in [0.3, 0.4) is 0 Å². The zero-order valence-corrected chi connectivity index (χ0v) is 31.2. The molecule has 16 heteroatoms. The van der Waals surface area contributed by atoms with Crippen LogP contribution in [0.15, 0.2) is 48.5 Å². The minimum Gasteiger partial charge on any atom is -0.423 e. The van der Waals surface area contributed by atoms with Gasteiger partial charge in [-0.15, -0.1) is 0 Å². The molecule has 0 saturated carbocycles. The van der Waals surface area contributed by atoms with E-state index in [0.717, 1.165) is 55.4 Å². The van der Waals surface area contributed by atoms with Crippen LogP contribution in [0, 0.1) is 0 Å². The van der Waals surface area contributed by atoms with Gasteiger partial charge >= 0.3 is 47.8 Å². The van der Waals surface area contributed by atoms with Gasteiger partial charge in [0.15, 0.2) is 46.0 Å². The quantitative estimate of drug-likeness (QED) is 0.129. The first-order chi connectivity index (χ1) is 26.3. The summed E-state index contributed by atoms with van der Waals surface area (Å²) in [7, 11) is 0. The highest BCUT2D eigenvalue weighted by molar-refractivity contribution is 6.06. The van der Waals surface area contributed by atoms with Crippen LogP contribution in [0.1, 0.15) is 55.4 Å². The number of carbonyl (C=O) groups is 8. The van der Waals surface area contributed by atoms with Gasteiger partial charge in [0.1, 0.15) is 0 Å². The Hall–Kier alpha value is -7.36. The van der Waals surface area contributed by atoms with Gasteiger partial charge in [0.05, 0.1) is 0 Å². The number of ether oxygens (including phenoxy) is 8. The lowest BCUT2D eigenvalue weighted by atomic mass is 9.80. The average Bonchev–Trinajstić information content (AvgIpc) is 3.05. The highest BCUT2D eigenvalue weighted by atomic mass is 16.6. The molecule has 5 rings (SSSR count). The topological polar surface area (TPSA) is 210 Å². The maximum absolute atomic E-state index is 12.3. The van der Waals surface area contributed by atoms with Crippen LogP contribution >= 0.6 is 0 Å². The van der Waals surface area contributed by atoms with E-state index in [9.17, 15) is 38.4 Å². The van der Waals surface area contributed by atoms with E-state index >= 15 is 0 Å². The van der Waals surface area contributed by atoms with Crippen molar-refractivity contribution in [2.24, 2.45) is 0 Å². The van der Waals surface area contributed by atoms with Crippen molar-refractivity contribution in [1.29, 1.82) is 0 Å². The summed E-state index contributed by atoms with van der Waals surface area (Å²) in [6.07, 6.45) is 0. The second-order valence-electron chi connectivity index (χ2n) is 12.1. The summed E-state index contributed by atoms with van der Waals surface area (Å²) < 4.78 is 43.8. The van der Waals surface area contributed by atoms with Gasteiger partial charge in [-0.05, 0) is 93.0 Å². The maximum atomic E-state index is 12.3. The van der Waals surface area contributed by atoms with Gasteiger partial charge in [0.25, 0.3) is 0 Å². The third-order valence-corrected chi connectivity index (χ3v) is 7.53. The largest absolute Gasteiger partial charge is 0.423 e. The van der Waals surface area contributed by atoms with Gasteiger partial charge in [-0.3, -0.25) is 38.4 Å². The van der Waals surface area contributed by atoms with E-state index in [2.05, 4.69) is 0 Å². The zero-order valence-electron chi connectivity index (χ0n) is 31.2. The molecule has 16 nitrogen and oxygen atoms in total. The molecule has 0 spiro atoms. The summed E-state index contributed by atoms with van der Waals surface area (Å²) in [4.78, 5) is 98.7. The van der Waals surface area contributed by atoms with Gasteiger partial charge in [0, 0.05) is 55.4 Å². The Morgan fingerprint density at radius 2 is 0.321 bits per heavy atom. The van der Waals surface area contributed by atoms with Crippen LogP contribution in [0.2, 0.25) is 0 Å². The molecular weight excluding hydrogens is 736 g/mol. The molecule has 0 radical (unpaired) electrons. The highest BCUT2D eigenvalue weighted by Crippen LogP contribution is 2.56. The van der Waals surface area contributed by atoms with E-state index in [4.69, 9.17) is 37.9 Å². The van der Waals surface area contributed by atoms with E-state index in [0.29, 0.717) is 0 Å². The van der Waals surface area contributed by atoms with Crippen LogP contribution < -0.4 is 37.9 Å². The number of esters is 8. The Kier molecular flexibility index (Phi) is 11.3. The molecule has 0 N–H and O–H groups in total. The molecule has 1 aliphatic rings. The molecule has 0 amide bonds. The van der Waals surface area contributed by atoms with Crippen LogP contribution in [0.5, 0.6) is 46.0 Å². The zero-order chi connectivity index (χ0) is 41.2. The third kappa shape index (κ3) is 8.87. The number of hydrogen-bond acceptors (Lipinski definition) is 16. The van der Waals surface area contributed by atoms with Gasteiger partial charge in [-0.2, -0.15) is 0 Å². The molecule has 4 aromatic rings. The fourth-order valence-electron chi connectivity index (χ4n) is 5.90. The van der Waals surface area contributed by atoms with Gasteiger partial charge in [0.2, 0.25) is 0 Å². The lowest BCUT2D eigenvalue weighted by Gasteiger charge is -2.27. The van der Waals surface area contributed by atoms with Crippen LogP contribution in [-0.4, -0.2) is 47.8 Å². The number of fused-ring (bicyclic) bond motifs is 8. The van der Waals surface area contributed by atoms with E-state index in [-0.39, 0.29) is 90.5 Å². The predicted octanol–water partition coefficient (Wildman–Crippen LogP) is 6.07. The summed E-state index contributed by atoms with van der Waals surface area (Å²) in [6, 6.07) is 10.9. The first-order valence-electron chi connectivity index (χ1n) is 16.5. The summed E-state index contributed by atoms with van der Waals surface area (Å²) in [5.41, 5.74) is 1.62. The summed E-state index contributed by atoms with van der Waals surface area (Å²) >= 11 is 0. The van der Waals surface area contributed by atoms with Crippen molar-refractivity contribution in [3.63, 3.8) is 0 Å². The van der Waals surface area contributed by atoms with Crippen molar-refractivity contribution in [3.05, 3.63) is 48.5 Å². The fourth-order valence-corrected chi connectivity index (χ4v) is 5.90. The Balaban J connectivity index is 2.11. The Bertz CT molecular complexity index is 1880. The van der Waals surface area contributed by atoms with Crippen LogP contribution in [-0.2, 0) is 38.4 Å². The minimum atomic E-state index is -0.784. The SMILES string of the molecule is CC(=O)Oc1cc2c(cc1OC(C)=O)-c1cc(OC(C)=O)c(OC(C)=O)cc1-c1cc(OC(C)=O)c(OC(C)=O)cc1-c1cc(OC(C)=O)c(OC(C)=O)cc1-2. The first-order valence-corrected chi connectivity index (χ1v) is 16.5. The smallest absolute Gasteiger partial charge is 0.308 e. The van der Waals surface area contributed by atoms with Crippen molar-refractivity contribution < 1.29 is 76.3 Å². The lowest BCUT2D eigenvalue weighted by Crippen LogP contribution is -2.11. The molecule has 0 fully saturated rings. The molecule has 0 heterocycles. The predicted molar refractivity (Wildman–Crippen MR) is 192 cm³/mol. The third-order valence-electron chi connectivity index (χ3n) is 7.53. The number of benzene rings is 4. The van der Waals surface area contributed by atoms with Crippen molar-refractivity contribution in [2.45, 2.75) is 55.4 Å². The van der Waals surface area contributed by atoms with E-state index in [1.54, 1.807) is 0 Å². The van der Waals surface area contributed by atoms with Crippen molar-refractivity contribution >= 4 is 47.8 Å². The van der Waals surface area contributed by atoms with Gasteiger partial charge in [-0.1, -0.05) is 0 Å². The molecule has 0 saturated heterocycles. The van der Waals surface area contributed by atoms with Gasteiger partial charge < -0.3 is 37.9 Å². The number of rotatable bonds is 8. The number of hydrogen-bond donors (Lipinski definition) is 0. The van der Waals surface area contributed by atoms with E-state index in [1.165, 1.54) is 48.5 Å². The molecule has 1 aliphatic carbocycles. The number of carbonyl (C=O) groups excluding carboxylic acids is 8. The standard InChI is InChI=1S/C40H32O16/c1-17(41)49-33-9-25-26(10-34(33)50-18(2)42)28-12-36(52-20(4)44)38(54-22(6)46)14-30(28)32-16-40(56-24(8)48)39(55-23(7)47)15-31(32)29-13-37(53-21(5)45)35(11-27(25)29)51-19(3)43/h9-16H,1-8H3. The molecular formula is C40H32O16. The average molecular weight is 769 g/mol. The van der Waals surface area contributed by atoms with Crippen LogP contribution in [0.25, 0.3) is 44.5 Å². The molecule has 0 aliphatic heterocycles. The van der Waals surface area contributed by atoms with Crippen molar-refractivity contribution in [3.8, 4) is 90.5 Å². The molecule has 56 heavy (non-hydrogen) atoms. The Morgan fingerprint density at radius 3 is 0.393 bits per heavy atom. The minimum absolute atomic E-state index is 0.203. The van der Waals surface area contributed by atoms with E-state index < -0.39 is 47.8 Å². The second kappa shape index (κ2) is 15.9. The van der Waals surface area contributed by atoms with Crippen molar-refractivity contribution in [1.82, 2.24) is 0 Å². The normalized spacial score (nSPS) is 10.7. The second-order valence-corrected chi connectivity index (χ2v) is 12.1. The first kappa shape index (κ1) is 39.8. The van der Waals surface area contributed by atoms with Crippen LogP contribution in [0.4, 0.5) is 0 Å². The monoisotopic (exact) mass is 768 g/mol. The maximum Gasteiger partial charge on any atom is 0.308 e. The molecule has 4 aromatic carbocycles. The molecule has 0 unspecified atom stereocenters. The summed E-state index contributed by atoms with van der Waals surface area (Å²) in [5.74, 6) is -8.05. The fraction of sp³-hybridized carbons (Fsp3) is 0.200. The lowest BCUT2D eigenvalue weighted by molar-refractivity contribution is -0.134. The summed E-state index contributed by atoms with van der Waals surface area (Å²) in [5, 5.41) is 0. The van der Waals surface area contributed by atoms with Gasteiger partial charge in [-0.25, -0.2) is 0 Å². The van der Waals surface area contributed by atoms with E-state index in [1.807, 2.05) is 0 Å². The highest BCUT2D eigenvalue weighted by Gasteiger charge is 2.31. The van der Waals surface area contributed by atoms with Crippen molar-refractivity contribution in [2.75, 3.05) is 0 Å². The molecule has 0 aromatic heterocycles. The molecule has 0 bridgehead atoms. The molecule has 288 valence electrons. The summed E-state index contributed by atoms with van der Waals surface area (Å²) in [6.45, 7) is 8.98.